The maximum Gasteiger partial charge on any atom is 1.00 e. The van der Waals surface area contributed by atoms with Gasteiger partial charge >= 0.3 is 133 Å². The van der Waals surface area contributed by atoms with Crippen molar-refractivity contribution in [3.8, 4) is 0 Å². The fourth-order valence-corrected chi connectivity index (χ4v) is 0. The van der Waals surface area contributed by atoms with Crippen molar-refractivity contribution >= 4 is 0 Å². The average molecular weight is 220 g/mol. The van der Waals surface area contributed by atoms with Crippen LogP contribution in [0.4, 0.5) is 13.3 Å². The zero-order valence-electron chi connectivity index (χ0n) is 4.22. The molecule has 0 aromatic carbocycles. The Morgan fingerprint density at radius 1 is 0.714 bits per heavy atom. The van der Waals surface area contributed by atoms with E-state index in [1.165, 1.54) is 0 Å². The minimum atomic E-state index is -7.25. The molecule has 32 valence electrons. The van der Waals surface area contributed by atoms with Crippen LogP contribution in [0.3, 0.4) is 0 Å². The quantitative estimate of drug-likeness (QED) is 0.286. The van der Waals surface area contributed by atoms with Crippen molar-refractivity contribution in [1.82, 2.24) is 0 Å². The molecule has 0 N–H and O–H groups in total. The molecule has 0 aliphatic heterocycles. The number of hydrogen-bond donors (Lipinski definition) is 0. The van der Waals surface area contributed by atoms with Gasteiger partial charge in [0.15, 0.2) is 0 Å². The SMILES string of the molecule is [F][Zn-2]([F])([F])[F].[K+].[K+]. The summed E-state index contributed by atoms with van der Waals surface area (Å²) in [6, 6.07) is 0. The molecule has 0 saturated carbocycles. The van der Waals surface area contributed by atoms with Gasteiger partial charge in [0, 0.05) is 0 Å². The van der Waals surface area contributed by atoms with Crippen molar-refractivity contribution in [3.63, 3.8) is 0 Å². The second-order valence-electron chi connectivity index (χ2n) is 0.606. The topological polar surface area (TPSA) is 0 Å². The molecule has 0 aromatic rings. The molecule has 0 heterocycles. The van der Waals surface area contributed by atoms with Gasteiger partial charge in [-0.1, -0.05) is 0 Å². The summed E-state index contributed by atoms with van der Waals surface area (Å²) in [6.45, 7) is 0. The minimum Gasteiger partial charge on any atom is 1.00 e. The molecule has 0 saturated heterocycles. The standard InChI is InChI=1S/4FH.2K.Zn/h4*1H;;;/q;;;;2*+1;+2/p-4. The predicted molar refractivity (Wildman–Crippen MR) is 4.43 cm³/mol. The van der Waals surface area contributed by atoms with E-state index in [2.05, 4.69) is 0 Å². The van der Waals surface area contributed by atoms with Crippen molar-refractivity contribution in [2.45, 2.75) is 0 Å². The van der Waals surface area contributed by atoms with Crippen LogP contribution in [-0.2, 0) is 16.8 Å². The summed E-state index contributed by atoms with van der Waals surface area (Å²) in [5, 5.41) is 0. The van der Waals surface area contributed by atoms with Crippen LogP contribution in [0.25, 0.3) is 0 Å². The van der Waals surface area contributed by atoms with Gasteiger partial charge in [0.05, 0.1) is 0 Å². The molecule has 0 bridgehead atoms. The molecule has 0 aromatic heterocycles. The molecule has 7 heavy (non-hydrogen) atoms. The largest absolute Gasteiger partial charge is 1.00 e. The average Bonchev–Trinajstić information content (AvgIpc) is 0.722. The summed E-state index contributed by atoms with van der Waals surface area (Å²) >= 11 is -7.25. The Morgan fingerprint density at radius 2 is 0.714 bits per heavy atom. The third-order valence-corrected chi connectivity index (χ3v) is 0. The molecule has 0 aliphatic rings. The predicted octanol–water partition coefficient (Wildman–Crippen LogP) is -4.31. The maximum atomic E-state index is 9.91. The van der Waals surface area contributed by atoms with Gasteiger partial charge in [-0.25, -0.2) is 0 Å². The van der Waals surface area contributed by atoms with Crippen LogP contribution >= 0.6 is 0 Å². The molecule has 0 nitrogen and oxygen atoms in total. The van der Waals surface area contributed by atoms with Gasteiger partial charge in [0.2, 0.25) is 0 Å². The van der Waals surface area contributed by atoms with Crippen LogP contribution in [0.1, 0.15) is 0 Å². The van der Waals surface area contributed by atoms with E-state index in [4.69, 9.17) is 0 Å². The van der Waals surface area contributed by atoms with E-state index in [0.29, 0.717) is 0 Å². The molecule has 0 unspecified atom stereocenters. The summed E-state index contributed by atoms with van der Waals surface area (Å²) in [4.78, 5) is 0. The summed E-state index contributed by atoms with van der Waals surface area (Å²) in [7, 11) is 0. The first-order chi connectivity index (χ1) is 2.00. The fourth-order valence-electron chi connectivity index (χ4n) is 0. The minimum absolute atomic E-state index is 0. The first kappa shape index (κ1) is 16.9. The summed E-state index contributed by atoms with van der Waals surface area (Å²) < 4.78 is 39.6. The molecule has 0 radical (unpaired) electrons. The van der Waals surface area contributed by atoms with Gasteiger partial charge in [-0.05, 0) is 0 Å². The second-order valence-corrected chi connectivity index (χ2v) is 3.15. The van der Waals surface area contributed by atoms with E-state index in [-0.39, 0.29) is 103 Å². The molecule has 0 aliphatic carbocycles. The van der Waals surface area contributed by atoms with Gasteiger partial charge in [-0.3, -0.25) is 0 Å². The Kier molecular flexibility index (Phi) is 18.7. The van der Waals surface area contributed by atoms with Crippen molar-refractivity contribution < 1.29 is 133 Å². The van der Waals surface area contributed by atoms with Crippen LogP contribution in [0.15, 0.2) is 0 Å². The van der Waals surface area contributed by atoms with E-state index in [1.54, 1.807) is 0 Å². The van der Waals surface area contributed by atoms with Crippen LogP contribution in [-0.4, -0.2) is 0 Å². The van der Waals surface area contributed by atoms with E-state index < -0.39 is 16.8 Å². The Hall–Kier alpha value is 3.62. The molecular weight excluding hydrogens is 220 g/mol. The summed E-state index contributed by atoms with van der Waals surface area (Å²) in [5.41, 5.74) is 0. The normalized spacial score (nSPS) is 8.57. The Bertz CT molecular complexity index is 25.2. The van der Waals surface area contributed by atoms with Crippen LogP contribution in [0, 0.1) is 0 Å². The number of rotatable bonds is 0. The molecular formula is F4K2Zn. The Labute approximate surface area is 129 Å². The van der Waals surface area contributed by atoms with Gasteiger partial charge in [0.25, 0.3) is 0 Å². The molecule has 0 spiro atoms. The van der Waals surface area contributed by atoms with Crippen molar-refractivity contribution in [3.05, 3.63) is 0 Å². The van der Waals surface area contributed by atoms with Crippen molar-refractivity contribution in [1.29, 1.82) is 0 Å². The van der Waals surface area contributed by atoms with Gasteiger partial charge < -0.3 is 0 Å². The van der Waals surface area contributed by atoms with Crippen molar-refractivity contribution in [2.24, 2.45) is 0 Å². The van der Waals surface area contributed by atoms with Gasteiger partial charge in [-0.2, -0.15) is 0 Å². The van der Waals surface area contributed by atoms with Crippen molar-refractivity contribution in [2.75, 3.05) is 0 Å². The third-order valence-electron chi connectivity index (χ3n) is 0. The maximum absolute atomic E-state index is 9.91. The van der Waals surface area contributed by atoms with Crippen LogP contribution in [0.5, 0.6) is 0 Å². The smallest absolute Gasteiger partial charge is 1.00 e. The molecule has 0 rings (SSSR count). The van der Waals surface area contributed by atoms with Gasteiger partial charge in [-0.15, -0.1) is 0 Å². The summed E-state index contributed by atoms with van der Waals surface area (Å²) in [6.07, 6.45) is 0. The van der Waals surface area contributed by atoms with Crippen LogP contribution < -0.4 is 103 Å². The molecule has 0 amide bonds. The first-order valence-electron chi connectivity index (χ1n) is 1.07. The van der Waals surface area contributed by atoms with Crippen LogP contribution in [0.2, 0.25) is 0 Å². The zero-order chi connectivity index (χ0) is 4.50. The van der Waals surface area contributed by atoms with E-state index >= 15 is 0 Å². The number of halogens is 4. The van der Waals surface area contributed by atoms with E-state index in [9.17, 15) is 13.3 Å². The zero-order valence-corrected chi connectivity index (χ0v) is 13.4. The third kappa shape index (κ3) is 42.7. The summed E-state index contributed by atoms with van der Waals surface area (Å²) in [5.74, 6) is 0. The number of hydrogen-bond acceptors (Lipinski definition) is 0. The first-order valence-corrected chi connectivity index (χ1v) is 5.55. The Morgan fingerprint density at radius 3 is 0.714 bits per heavy atom. The molecule has 7 heteroatoms. The van der Waals surface area contributed by atoms with E-state index in [0.717, 1.165) is 0 Å². The van der Waals surface area contributed by atoms with Gasteiger partial charge in [0.1, 0.15) is 0 Å². The Balaban J connectivity index is -0.0000000800. The monoisotopic (exact) mass is 218 g/mol. The molecule has 0 fully saturated rings. The second kappa shape index (κ2) is 7.72. The van der Waals surface area contributed by atoms with E-state index in [1.807, 2.05) is 0 Å². The molecule has 0 atom stereocenters. The fraction of sp³-hybridized carbons (Fsp3) is 0.